The molecule has 0 spiro atoms. The van der Waals surface area contributed by atoms with Crippen molar-refractivity contribution in [2.75, 3.05) is 0 Å². The zero-order valence-electron chi connectivity index (χ0n) is 11.6. The zero-order chi connectivity index (χ0) is 13.6. The summed E-state index contributed by atoms with van der Waals surface area (Å²) in [5.41, 5.74) is 1.59. The van der Waals surface area contributed by atoms with E-state index in [4.69, 9.17) is 4.74 Å². The van der Waals surface area contributed by atoms with Gasteiger partial charge in [0.1, 0.15) is 5.60 Å². The van der Waals surface area contributed by atoms with Gasteiger partial charge in [0, 0.05) is 18.4 Å². The number of hydrogen-bond donors (Lipinski definition) is 1. The van der Waals surface area contributed by atoms with Crippen LogP contribution in [0.2, 0.25) is 0 Å². The molecule has 0 fully saturated rings. The maximum Gasteiger partial charge on any atom is 0.407 e. The van der Waals surface area contributed by atoms with Crippen LogP contribution in [-0.4, -0.2) is 16.7 Å². The molecular weight excluding hydrogens is 228 g/mol. The second kappa shape index (κ2) is 6.38. The highest BCUT2D eigenvalue weighted by atomic mass is 16.6. The van der Waals surface area contributed by atoms with Gasteiger partial charge in [-0.2, -0.15) is 0 Å². The first-order chi connectivity index (χ1) is 8.40. The molecular formula is C14H22N2O2. The van der Waals surface area contributed by atoms with E-state index in [-0.39, 0.29) is 0 Å². The number of pyridine rings is 1. The standard InChI is InChI=1S/C14H22N2O2/c1-5-6-12-8-7-11(9-15-12)10-16-13(17)18-14(2,3)4/h7-9H,5-6,10H2,1-4H3,(H,16,17). The monoisotopic (exact) mass is 250 g/mol. The van der Waals surface area contributed by atoms with Crippen molar-refractivity contribution < 1.29 is 9.53 Å². The van der Waals surface area contributed by atoms with Gasteiger partial charge in [0.2, 0.25) is 0 Å². The summed E-state index contributed by atoms with van der Waals surface area (Å²) in [5, 5.41) is 2.71. The van der Waals surface area contributed by atoms with Crippen LogP contribution in [0.4, 0.5) is 4.79 Å². The van der Waals surface area contributed by atoms with Crippen molar-refractivity contribution in [2.45, 2.75) is 52.7 Å². The molecule has 0 atom stereocenters. The Morgan fingerprint density at radius 1 is 1.39 bits per heavy atom. The maximum absolute atomic E-state index is 11.4. The van der Waals surface area contributed by atoms with E-state index in [1.807, 2.05) is 32.9 Å². The van der Waals surface area contributed by atoms with Crippen LogP contribution >= 0.6 is 0 Å². The quantitative estimate of drug-likeness (QED) is 0.893. The molecule has 0 bridgehead atoms. The number of ether oxygens (including phenoxy) is 1. The number of carbonyl (C=O) groups is 1. The van der Waals surface area contributed by atoms with Crippen LogP contribution in [0.5, 0.6) is 0 Å². The summed E-state index contributed by atoms with van der Waals surface area (Å²) in [6.45, 7) is 8.09. The Labute approximate surface area is 109 Å². The van der Waals surface area contributed by atoms with Crippen molar-refractivity contribution in [2.24, 2.45) is 0 Å². The van der Waals surface area contributed by atoms with Gasteiger partial charge in [0.15, 0.2) is 0 Å². The molecule has 100 valence electrons. The molecule has 1 rings (SSSR count). The van der Waals surface area contributed by atoms with Gasteiger partial charge in [-0.1, -0.05) is 19.4 Å². The minimum atomic E-state index is -0.465. The third kappa shape index (κ3) is 5.66. The molecule has 1 amide bonds. The fourth-order valence-electron chi connectivity index (χ4n) is 1.45. The first-order valence-electron chi connectivity index (χ1n) is 6.31. The summed E-state index contributed by atoms with van der Waals surface area (Å²) in [5.74, 6) is 0. The van der Waals surface area contributed by atoms with Crippen LogP contribution in [-0.2, 0) is 17.7 Å². The van der Waals surface area contributed by atoms with Crippen molar-refractivity contribution in [1.82, 2.24) is 10.3 Å². The second-order valence-corrected chi connectivity index (χ2v) is 5.26. The highest BCUT2D eigenvalue weighted by Crippen LogP contribution is 2.07. The third-order valence-corrected chi connectivity index (χ3v) is 2.23. The largest absolute Gasteiger partial charge is 0.444 e. The lowest BCUT2D eigenvalue weighted by atomic mass is 10.2. The van der Waals surface area contributed by atoms with Crippen molar-refractivity contribution in [3.8, 4) is 0 Å². The minimum Gasteiger partial charge on any atom is -0.444 e. The molecule has 0 aliphatic heterocycles. The molecule has 4 nitrogen and oxygen atoms in total. The number of aryl methyl sites for hydroxylation is 1. The van der Waals surface area contributed by atoms with Crippen molar-refractivity contribution in [3.63, 3.8) is 0 Å². The molecule has 0 saturated heterocycles. The van der Waals surface area contributed by atoms with E-state index in [1.54, 1.807) is 6.20 Å². The molecule has 0 aromatic carbocycles. The molecule has 18 heavy (non-hydrogen) atoms. The van der Waals surface area contributed by atoms with E-state index in [0.29, 0.717) is 6.54 Å². The lowest BCUT2D eigenvalue weighted by molar-refractivity contribution is 0.0523. The average Bonchev–Trinajstić information content (AvgIpc) is 2.26. The Morgan fingerprint density at radius 2 is 2.11 bits per heavy atom. The van der Waals surface area contributed by atoms with Crippen LogP contribution in [0.3, 0.4) is 0 Å². The number of amides is 1. The minimum absolute atomic E-state index is 0.403. The Balaban J connectivity index is 2.41. The van der Waals surface area contributed by atoms with Crippen LogP contribution in [0.25, 0.3) is 0 Å². The first-order valence-corrected chi connectivity index (χ1v) is 6.31. The number of rotatable bonds is 4. The van der Waals surface area contributed by atoms with Gasteiger partial charge in [0.05, 0.1) is 0 Å². The van der Waals surface area contributed by atoms with Crippen molar-refractivity contribution >= 4 is 6.09 Å². The smallest absolute Gasteiger partial charge is 0.407 e. The summed E-state index contributed by atoms with van der Waals surface area (Å²) in [6.07, 6.45) is 3.46. The van der Waals surface area contributed by atoms with Crippen LogP contribution in [0.15, 0.2) is 18.3 Å². The summed E-state index contributed by atoms with van der Waals surface area (Å²) in [7, 11) is 0. The van der Waals surface area contributed by atoms with E-state index in [1.165, 1.54) is 0 Å². The van der Waals surface area contributed by atoms with Crippen LogP contribution in [0, 0.1) is 0 Å². The summed E-state index contributed by atoms with van der Waals surface area (Å²) in [4.78, 5) is 15.8. The number of hydrogen-bond acceptors (Lipinski definition) is 3. The Morgan fingerprint density at radius 3 is 2.61 bits per heavy atom. The predicted octanol–water partition coefficient (Wildman–Crippen LogP) is 3.06. The van der Waals surface area contributed by atoms with E-state index in [0.717, 1.165) is 24.1 Å². The lowest BCUT2D eigenvalue weighted by Crippen LogP contribution is -2.32. The van der Waals surface area contributed by atoms with Gasteiger partial charge >= 0.3 is 6.09 Å². The third-order valence-electron chi connectivity index (χ3n) is 2.23. The second-order valence-electron chi connectivity index (χ2n) is 5.26. The van der Waals surface area contributed by atoms with Crippen LogP contribution < -0.4 is 5.32 Å². The molecule has 0 aliphatic carbocycles. The lowest BCUT2D eigenvalue weighted by Gasteiger charge is -2.19. The highest BCUT2D eigenvalue weighted by molar-refractivity contribution is 5.67. The summed E-state index contributed by atoms with van der Waals surface area (Å²) >= 11 is 0. The molecule has 0 aliphatic rings. The van der Waals surface area contributed by atoms with Gasteiger partial charge in [-0.05, 0) is 38.8 Å². The normalized spacial score (nSPS) is 11.1. The number of aromatic nitrogens is 1. The van der Waals surface area contributed by atoms with E-state index in [9.17, 15) is 4.79 Å². The Hall–Kier alpha value is -1.58. The highest BCUT2D eigenvalue weighted by Gasteiger charge is 2.15. The fourth-order valence-corrected chi connectivity index (χ4v) is 1.45. The van der Waals surface area contributed by atoms with E-state index in [2.05, 4.69) is 17.2 Å². The zero-order valence-corrected chi connectivity index (χ0v) is 11.6. The van der Waals surface area contributed by atoms with Gasteiger partial charge in [-0.3, -0.25) is 4.98 Å². The molecule has 1 N–H and O–H groups in total. The van der Waals surface area contributed by atoms with Gasteiger partial charge < -0.3 is 10.1 Å². The van der Waals surface area contributed by atoms with E-state index < -0.39 is 11.7 Å². The molecule has 1 heterocycles. The summed E-state index contributed by atoms with van der Waals surface area (Å²) < 4.78 is 5.15. The summed E-state index contributed by atoms with van der Waals surface area (Å²) in [6, 6.07) is 3.98. The molecule has 1 aromatic heterocycles. The first kappa shape index (κ1) is 14.5. The predicted molar refractivity (Wildman–Crippen MR) is 71.3 cm³/mol. The molecule has 0 unspecified atom stereocenters. The van der Waals surface area contributed by atoms with E-state index >= 15 is 0 Å². The average molecular weight is 250 g/mol. The maximum atomic E-state index is 11.4. The van der Waals surface area contributed by atoms with Crippen LogP contribution in [0.1, 0.15) is 45.4 Å². The molecule has 1 aromatic rings. The number of nitrogens with one attached hydrogen (secondary N) is 1. The SMILES string of the molecule is CCCc1ccc(CNC(=O)OC(C)(C)C)cn1. The van der Waals surface area contributed by atoms with Gasteiger partial charge in [-0.15, -0.1) is 0 Å². The fraction of sp³-hybridized carbons (Fsp3) is 0.571. The Kier molecular flexibility index (Phi) is 5.13. The van der Waals surface area contributed by atoms with Crippen molar-refractivity contribution in [3.05, 3.63) is 29.6 Å². The topological polar surface area (TPSA) is 51.2 Å². The Bertz CT molecular complexity index is 380. The molecule has 4 heteroatoms. The number of carbonyl (C=O) groups excluding carboxylic acids is 1. The van der Waals surface area contributed by atoms with Gasteiger partial charge in [0.25, 0.3) is 0 Å². The number of alkyl carbamates (subject to hydrolysis) is 1. The van der Waals surface area contributed by atoms with Crippen molar-refractivity contribution in [1.29, 1.82) is 0 Å². The number of nitrogens with zero attached hydrogens (tertiary/aromatic N) is 1. The molecule has 0 radical (unpaired) electrons. The van der Waals surface area contributed by atoms with Gasteiger partial charge in [-0.25, -0.2) is 4.79 Å². The molecule has 0 saturated carbocycles.